The molecule has 0 saturated heterocycles. The van der Waals surface area contributed by atoms with Gasteiger partial charge < -0.3 is 0 Å². The van der Waals surface area contributed by atoms with Crippen LogP contribution in [-0.2, 0) is 6.18 Å². The Morgan fingerprint density at radius 3 is 2.63 bits per heavy atom. The van der Waals surface area contributed by atoms with Crippen molar-refractivity contribution in [3.8, 4) is 6.07 Å². The van der Waals surface area contributed by atoms with Crippen molar-refractivity contribution in [2.45, 2.75) is 16.8 Å². The summed E-state index contributed by atoms with van der Waals surface area (Å²) in [5.74, 6) is -0.641. The summed E-state index contributed by atoms with van der Waals surface area (Å²) < 4.78 is 38.0. The Labute approximate surface area is 113 Å². The number of hydrogen-bond donors (Lipinski definition) is 0. The van der Waals surface area contributed by atoms with Gasteiger partial charge in [0.25, 0.3) is 0 Å². The molecule has 1 nitrogen and oxygen atoms in total. The second kappa shape index (κ2) is 4.78. The first-order chi connectivity index (χ1) is 8.94. The number of nitriles is 1. The Hall–Kier alpha value is -1.67. The van der Waals surface area contributed by atoms with Crippen LogP contribution in [0, 0.1) is 11.3 Å². The van der Waals surface area contributed by atoms with Crippen LogP contribution in [0.4, 0.5) is 13.2 Å². The van der Waals surface area contributed by atoms with Crippen molar-refractivity contribution in [3.05, 3.63) is 59.5 Å². The molecule has 2 unspecified atom stereocenters. The zero-order chi connectivity index (χ0) is 14.1. The van der Waals surface area contributed by atoms with Gasteiger partial charge in [-0.05, 0) is 17.0 Å². The maximum atomic E-state index is 13.0. The first-order valence-corrected chi connectivity index (χ1v) is 6.38. The number of rotatable bonds is 2. The highest BCUT2D eigenvalue weighted by Gasteiger charge is 2.44. The average Bonchev–Trinajstić information content (AvgIpc) is 2.82. The van der Waals surface area contributed by atoms with Crippen molar-refractivity contribution in [1.82, 2.24) is 0 Å². The van der Waals surface area contributed by atoms with Crippen LogP contribution in [0.5, 0.6) is 0 Å². The molecule has 1 aliphatic rings. The number of halogens is 3. The molecule has 1 heterocycles. The lowest BCUT2D eigenvalue weighted by Gasteiger charge is -2.26. The van der Waals surface area contributed by atoms with Crippen LogP contribution in [0.25, 0.3) is 0 Å². The fourth-order valence-corrected chi connectivity index (χ4v) is 3.09. The molecule has 0 radical (unpaired) electrons. The largest absolute Gasteiger partial charge is 0.416 e. The van der Waals surface area contributed by atoms with Crippen LogP contribution < -0.4 is 0 Å². The van der Waals surface area contributed by atoms with Crippen molar-refractivity contribution < 1.29 is 13.2 Å². The van der Waals surface area contributed by atoms with Gasteiger partial charge in [0, 0.05) is 5.92 Å². The van der Waals surface area contributed by atoms with Crippen molar-refractivity contribution in [3.63, 3.8) is 0 Å². The maximum absolute atomic E-state index is 13.0. The summed E-state index contributed by atoms with van der Waals surface area (Å²) in [4.78, 5) is 0. The Bertz CT molecular complexity index is 571. The summed E-state index contributed by atoms with van der Waals surface area (Å²) in [6.45, 7) is 3.59. The lowest BCUT2D eigenvalue weighted by atomic mass is 9.83. The highest BCUT2D eigenvalue weighted by atomic mass is 32.2. The van der Waals surface area contributed by atoms with E-state index in [-0.39, 0.29) is 5.56 Å². The van der Waals surface area contributed by atoms with Gasteiger partial charge in [-0.3, -0.25) is 0 Å². The molecule has 0 bridgehead atoms. The van der Waals surface area contributed by atoms with Crippen molar-refractivity contribution in [2.24, 2.45) is 0 Å². The smallest absolute Gasteiger partial charge is 0.196 e. The molecule has 1 aromatic carbocycles. The highest BCUT2D eigenvalue weighted by Crippen LogP contribution is 2.49. The van der Waals surface area contributed by atoms with E-state index < -0.39 is 22.4 Å². The van der Waals surface area contributed by atoms with Gasteiger partial charge in [0.05, 0.1) is 11.6 Å². The molecule has 5 heteroatoms. The minimum Gasteiger partial charge on any atom is -0.196 e. The molecule has 2 rings (SSSR count). The number of allylic oxidation sites excluding steroid dienone is 1. The molecule has 19 heavy (non-hydrogen) atoms. The zero-order valence-electron chi connectivity index (χ0n) is 9.82. The topological polar surface area (TPSA) is 23.8 Å². The lowest BCUT2D eigenvalue weighted by molar-refractivity contribution is -0.138. The van der Waals surface area contributed by atoms with Crippen LogP contribution >= 0.6 is 11.8 Å². The minimum absolute atomic E-state index is 0.109. The van der Waals surface area contributed by atoms with Crippen molar-refractivity contribution >= 4 is 11.8 Å². The highest BCUT2D eigenvalue weighted by molar-refractivity contribution is 8.04. The SMILES string of the molecule is C=CC1(C#N)SC=CC1c1ccccc1C(F)(F)F. The maximum Gasteiger partial charge on any atom is 0.416 e. The average molecular weight is 281 g/mol. The second-order valence-electron chi connectivity index (χ2n) is 4.12. The summed E-state index contributed by atoms with van der Waals surface area (Å²) in [6.07, 6.45) is -1.39. The standard InChI is InChI=1S/C14H10F3NS/c1-2-13(9-18)11(7-8-19-13)10-5-3-4-6-12(10)14(15,16)17/h2-8,11H,1H2. The predicted molar refractivity (Wildman–Crippen MR) is 69.5 cm³/mol. The lowest BCUT2D eigenvalue weighted by Crippen LogP contribution is -2.26. The van der Waals surface area contributed by atoms with Crippen LogP contribution in [0.15, 0.2) is 48.4 Å². The molecule has 0 aromatic heterocycles. The van der Waals surface area contributed by atoms with Gasteiger partial charge in [0.2, 0.25) is 0 Å². The number of thioether (sulfide) groups is 1. The molecule has 0 amide bonds. The van der Waals surface area contributed by atoms with Crippen LogP contribution in [-0.4, -0.2) is 4.75 Å². The molecular formula is C14H10F3NS. The van der Waals surface area contributed by atoms with E-state index in [0.29, 0.717) is 0 Å². The van der Waals surface area contributed by atoms with E-state index >= 15 is 0 Å². The normalized spacial score (nSPS) is 26.1. The number of alkyl halides is 3. The quantitative estimate of drug-likeness (QED) is 0.745. The summed E-state index contributed by atoms with van der Waals surface area (Å²) in [6, 6.07) is 7.42. The van der Waals surface area contributed by atoms with Gasteiger partial charge in [0.15, 0.2) is 0 Å². The monoisotopic (exact) mass is 281 g/mol. The van der Waals surface area contributed by atoms with Gasteiger partial charge in [-0.25, -0.2) is 0 Å². The molecule has 0 spiro atoms. The van der Waals surface area contributed by atoms with Crippen LogP contribution in [0.2, 0.25) is 0 Å². The zero-order valence-corrected chi connectivity index (χ0v) is 10.6. The first kappa shape index (κ1) is 13.8. The van der Waals surface area contributed by atoms with Crippen LogP contribution in [0.1, 0.15) is 17.0 Å². The van der Waals surface area contributed by atoms with E-state index in [1.165, 1.54) is 30.0 Å². The summed E-state index contributed by atoms with van der Waals surface area (Å²) >= 11 is 1.19. The fourth-order valence-electron chi connectivity index (χ4n) is 2.12. The van der Waals surface area contributed by atoms with E-state index in [1.54, 1.807) is 17.6 Å². The van der Waals surface area contributed by atoms with Crippen molar-refractivity contribution in [1.29, 1.82) is 5.26 Å². The molecular weight excluding hydrogens is 271 g/mol. The molecule has 0 saturated carbocycles. The summed E-state index contributed by atoms with van der Waals surface area (Å²) in [5, 5.41) is 10.9. The Kier molecular flexibility index (Phi) is 3.46. The van der Waals surface area contributed by atoms with E-state index in [1.807, 2.05) is 0 Å². The molecule has 0 aliphatic carbocycles. The number of hydrogen-bond acceptors (Lipinski definition) is 2. The summed E-state index contributed by atoms with van der Waals surface area (Å²) in [5.41, 5.74) is -0.591. The van der Waals surface area contributed by atoms with Crippen LogP contribution in [0.3, 0.4) is 0 Å². The Balaban J connectivity index is 2.57. The molecule has 2 atom stereocenters. The third-order valence-corrected chi connectivity index (χ3v) is 4.27. The Morgan fingerprint density at radius 1 is 1.37 bits per heavy atom. The van der Waals surface area contributed by atoms with E-state index in [4.69, 9.17) is 0 Å². The molecule has 98 valence electrons. The Morgan fingerprint density at radius 2 is 2.05 bits per heavy atom. The van der Waals surface area contributed by atoms with Gasteiger partial charge in [-0.15, -0.1) is 18.3 Å². The predicted octanol–water partition coefficient (Wildman–Crippen LogP) is 4.50. The van der Waals surface area contributed by atoms with Gasteiger partial charge in [-0.1, -0.05) is 30.4 Å². The van der Waals surface area contributed by atoms with E-state index in [2.05, 4.69) is 12.6 Å². The van der Waals surface area contributed by atoms with E-state index in [0.717, 1.165) is 6.07 Å². The molecule has 1 aliphatic heterocycles. The number of benzene rings is 1. The summed E-state index contributed by atoms with van der Waals surface area (Å²) in [7, 11) is 0. The van der Waals surface area contributed by atoms with Gasteiger partial charge >= 0.3 is 6.18 Å². The first-order valence-electron chi connectivity index (χ1n) is 5.50. The fraction of sp³-hybridized carbons (Fsp3) is 0.214. The van der Waals surface area contributed by atoms with E-state index in [9.17, 15) is 18.4 Å². The molecule has 0 N–H and O–H groups in total. The van der Waals surface area contributed by atoms with Gasteiger partial charge in [0.1, 0.15) is 4.75 Å². The number of nitrogens with zero attached hydrogens (tertiary/aromatic N) is 1. The van der Waals surface area contributed by atoms with Gasteiger partial charge in [-0.2, -0.15) is 18.4 Å². The minimum atomic E-state index is -4.43. The third-order valence-electron chi connectivity index (χ3n) is 3.08. The molecule has 1 aromatic rings. The molecule has 0 fully saturated rings. The third kappa shape index (κ3) is 2.28. The van der Waals surface area contributed by atoms with Crippen molar-refractivity contribution in [2.75, 3.05) is 0 Å². The second-order valence-corrected chi connectivity index (χ2v) is 5.30.